The van der Waals surface area contributed by atoms with Gasteiger partial charge in [0.2, 0.25) is 0 Å². The SMILES string of the molecule is Cc1c(C(=O)O)cc2cc(-c3cc(C#N)c4c(c3)CCN4C(=O)OC(C)(C)C)cn2c1C(C)N1CCOCC1.Cc1cc(C)c(CNC(=O)c2cc3cc(-c4cc(C#N)c5c(c4)CCN5C(=O)OC(C)(C)C)cn3c(C(C)N3CCOCC3)c2C)c(=O)[nH]1.Cc1cc(C)c(CNCl)c(=O)[nH]1. The average molecular weight is 1380 g/mol. The largest absolute Gasteiger partial charge is 0.478 e. The van der Waals surface area contributed by atoms with E-state index in [4.69, 9.17) is 30.7 Å². The molecule has 24 heteroatoms. The number of aromatic amines is 2. The second-order valence-electron chi connectivity index (χ2n) is 28.1. The van der Waals surface area contributed by atoms with Crippen LogP contribution in [0.3, 0.4) is 0 Å². The van der Waals surface area contributed by atoms with Gasteiger partial charge in [0.05, 0.1) is 54.5 Å². The topological polar surface area (TPSA) is 285 Å². The van der Waals surface area contributed by atoms with E-state index < -0.39 is 29.4 Å². The Morgan fingerprint density at radius 1 is 0.580 bits per heavy atom. The number of carboxylic acids is 1. The van der Waals surface area contributed by atoms with E-state index in [1.807, 2.05) is 138 Å². The Balaban J connectivity index is 0.000000188. The maximum atomic E-state index is 13.8. The second-order valence-corrected chi connectivity index (χ2v) is 28.3. The van der Waals surface area contributed by atoms with Crippen molar-refractivity contribution < 1.29 is 43.2 Å². The summed E-state index contributed by atoms with van der Waals surface area (Å²) in [5, 5.41) is 33.2. The highest BCUT2D eigenvalue weighted by molar-refractivity contribution is 6.13. The molecule has 4 aliphatic heterocycles. The zero-order valence-corrected chi connectivity index (χ0v) is 60.2. The van der Waals surface area contributed by atoms with E-state index in [1.54, 1.807) is 21.9 Å². The minimum Gasteiger partial charge on any atom is -0.478 e. The molecule has 526 valence electrons. The van der Waals surface area contributed by atoms with Crippen molar-refractivity contribution in [2.75, 3.05) is 75.5 Å². The molecule has 2 aromatic carbocycles. The van der Waals surface area contributed by atoms with Gasteiger partial charge in [-0.3, -0.25) is 34.0 Å². The van der Waals surface area contributed by atoms with E-state index in [9.17, 15) is 44.4 Å². The summed E-state index contributed by atoms with van der Waals surface area (Å²) in [4.78, 5) is 91.6. The summed E-state index contributed by atoms with van der Waals surface area (Å²) >= 11 is 5.32. The number of amides is 3. The first kappa shape index (κ1) is 73.1. The summed E-state index contributed by atoms with van der Waals surface area (Å²) < 4.78 is 26.6. The number of nitriles is 2. The predicted octanol–water partition coefficient (Wildman–Crippen LogP) is 12.1. The Kier molecular flexibility index (Phi) is 22.0. The number of carbonyl (C=O) groups is 4. The van der Waals surface area contributed by atoms with Gasteiger partial charge in [0, 0.05) is 138 Å². The van der Waals surface area contributed by atoms with E-state index in [2.05, 4.69) is 70.9 Å². The summed E-state index contributed by atoms with van der Waals surface area (Å²) in [6.07, 6.45) is 4.38. The monoisotopic (exact) mass is 1380 g/mol. The first-order valence-electron chi connectivity index (χ1n) is 33.7. The molecule has 0 radical (unpaired) electrons. The smallest absolute Gasteiger partial charge is 0.414 e. The lowest BCUT2D eigenvalue weighted by atomic mass is 9.99. The van der Waals surface area contributed by atoms with Crippen molar-refractivity contribution >= 4 is 58.2 Å². The first-order chi connectivity index (χ1) is 47.4. The van der Waals surface area contributed by atoms with Crippen LogP contribution in [-0.4, -0.2) is 135 Å². The van der Waals surface area contributed by atoms with Gasteiger partial charge in [0.15, 0.2) is 0 Å². The van der Waals surface area contributed by atoms with Crippen molar-refractivity contribution in [2.24, 2.45) is 0 Å². The quantitative estimate of drug-likeness (QED) is 0.0711. The van der Waals surface area contributed by atoms with Gasteiger partial charge >= 0.3 is 18.2 Å². The molecule has 100 heavy (non-hydrogen) atoms. The molecule has 2 saturated heterocycles. The summed E-state index contributed by atoms with van der Waals surface area (Å²) in [5.41, 5.74) is 16.3. The van der Waals surface area contributed by atoms with Gasteiger partial charge in [-0.25, -0.2) is 19.2 Å². The van der Waals surface area contributed by atoms with Crippen molar-refractivity contribution in [1.29, 1.82) is 10.5 Å². The van der Waals surface area contributed by atoms with Crippen molar-refractivity contribution in [3.05, 3.63) is 183 Å². The van der Waals surface area contributed by atoms with Gasteiger partial charge in [0.25, 0.3) is 17.0 Å². The minimum atomic E-state index is -0.959. The van der Waals surface area contributed by atoms with Gasteiger partial charge in [0.1, 0.15) is 23.3 Å². The molecule has 3 amide bonds. The molecule has 0 aliphatic carbocycles. The zero-order chi connectivity index (χ0) is 72.4. The number of halogens is 1. The zero-order valence-electron chi connectivity index (χ0n) is 59.5. The molecule has 12 rings (SSSR count). The Bertz CT molecular complexity index is 4720. The number of aromatic carboxylic acids is 1. The maximum absolute atomic E-state index is 13.8. The van der Waals surface area contributed by atoms with E-state index in [0.29, 0.717) is 98.1 Å². The summed E-state index contributed by atoms with van der Waals surface area (Å²) in [7, 11) is 0. The van der Waals surface area contributed by atoms with Crippen molar-refractivity contribution in [1.82, 2.24) is 38.7 Å². The molecule has 6 aromatic heterocycles. The second kappa shape index (κ2) is 30.1. The summed E-state index contributed by atoms with van der Waals surface area (Å²) in [5.74, 6) is -1.22. The number of fused-ring (bicyclic) bond motifs is 4. The Labute approximate surface area is 587 Å². The minimum absolute atomic E-state index is 0.0203. The van der Waals surface area contributed by atoms with Crippen molar-refractivity contribution in [2.45, 2.75) is 146 Å². The van der Waals surface area contributed by atoms with Gasteiger partial charge in [-0.05, 0) is 227 Å². The highest BCUT2D eigenvalue weighted by Gasteiger charge is 2.35. The van der Waals surface area contributed by atoms with Crippen LogP contribution in [0.1, 0.15) is 167 Å². The lowest BCUT2D eigenvalue weighted by molar-refractivity contribution is 0.0186. The number of morpholine rings is 2. The Hall–Kier alpha value is -9.59. The van der Waals surface area contributed by atoms with Crippen LogP contribution >= 0.6 is 11.8 Å². The fourth-order valence-electron chi connectivity index (χ4n) is 14.0. The number of ether oxygens (including phenoxy) is 4. The van der Waals surface area contributed by atoms with E-state index in [1.165, 1.54) is 0 Å². The molecule has 23 nitrogen and oxygen atoms in total. The maximum Gasteiger partial charge on any atom is 0.414 e. The number of anilines is 2. The average Bonchev–Trinajstić information content (AvgIpc) is 1.56. The molecule has 2 unspecified atom stereocenters. The third kappa shape index (κ3) is 15.9. The molecule has 0 bridgehead atoms. The first-order valence-corrected chi connectivity index (χ1v) is 34.1. The van der Waals surface area contributed by atoms with Crippen LogP contribution in [-0.2, 0) is 44.9 Å². The molecular weight excluding hydrogens is 1290 g/mol. The van der Waals surface area contributed by atoms with Crippen molar-refractivity contribution in [3.8, 4) is 34.4 Å². The standard InChI is InChI=1S/C38H44N6O5.C30H34N4O5.C8H11ClN2O/c1-22-14-23(2)41-36(46)32(22)20-40-35(45)31-18-30-17-29(21-44(30)33(24(31)3)25(4)42-10-12-48-13-11-42)27-15-26-8-9-43(34(26)28(16-27)19-39)37(47)49-38(5,6)7;1-18-25(28(35)36)15-24-14-23(17-34(24)26(18)19(2)32-8-10-38-11-9-32)21-12-20-6-7-33(27(20)22(13-21)16-31)29(37)39-30(3,4)5;1-5-3-6(2)11-8(12)7(5)4-10-9/h14-18,21,25H,8-13,20H2,1-7H3,(H,40,45)(H,41,46);12-15,17,19H,6-11H2,1-5H3,(H,35,36);3,10H,4H2,1-2H3,(H,11,12). The number of nitrogens with zero attached hydrogens (tertiary/aromatic N) is 8. The lowest BCUT2D eigenvalue weighted by Gasteiger charge is -2.34. The number of carbonyl (C=O) groups excluding carboxylic acids is 3. The van der Waals surface area contributed by atoms with E-state index in [-0.39, 0.29) is 41.2 Å². The number of aryl methyl sites for hydroxylation is 4. The molecule has 8 aromatic rings. The van der Waals surface area contributed by atoms with Crippen LogP contribution in [0.2, 0.25) is 0 Å². The van der Waals surface area contributed by atoms with E-state index >= 15 is 0 Å². The van der Waals surface area contributed by atoms with Crippen LogP contribution in [0.15, 0.2) is 82.6 Å². The Morgan fingerprint density at radius 3 is 1.36 bits per heavy atom. The third-order valence-electron chi connectivity index (χ3n) is 18.8. The number of pyridine rings is 4. The molecule has 0 spiro atoms. The van der Waals surface area contributed by atoms with E-state index in [0.717, 1.165) is 116 Å². The number of hydrogen-bond donors (Lipinski definition) is 5. The fraction of sp³-hybridized carbons (Fsp3) is 0.421. The Morgan fingerprint density at radius 2 is 0.980 bits per heavy atom. The molecule has 2 atom stereocenters. The van der Waals surface area contributed by atoms with Gasteiger partial charge in [-0.15, -0.1) is 0 Å². The number of hydrogen-bond acceptors (Lipinski definition) is 15. The normalized spacial score (nSPS) is 15.4. The molecule has 2 fully saturated rings. The fourth-order valence-corrected chi connectivity index (χ4v) is 14.1. The number of nitrogens with one attached hydrogen (secondary N) is 4. The third-order valence-corrected chi connectivity index (χ3v) is 18.9. The van der Waals surface area contributed by atoms with Crippen LogP contribution in [0.25, 0.3) is 33.3 Å². The molecule has 5 N–H and O–H groups in total. The summed E-state index contributed by atoms with van der Waals surface area (Å²) in [6, 6.07) is 23.6. The molecular formula is C76H89ClN12O11. The lowest BCUT2D eigenvalue weighted by Crippen LogP contribution is -2.39. The highest BCUT2D eigenvalue weighted by atomic mass is 35.5. The number of rotatable bonds is 12. The number of benzene rings is 2. The highest BCUT2D eigenvalue weighted by Crippen LogP contribution is 2.41. The van der Waals surface area contributed by atoms with Gasteiger partial charge in [-0.2, -0.15) is 10.5 Å². The van der Waals surface area contributed by atoms with Crippen LogP contribution in [0.4, 0.5) is 21.0 Å². The number of aromatic nitrogens is 4. The molecule has 0 saturated carbocycles. The number of H-pyrrole nitrogens is 2. The van der Waals surface area contributed by atoms with Crippen LogP contribution < -0.4 is 31.1 Å². The molecule has 10 heterocycles. The van der Waals surface area contributed by atoms with Gasteiger partial charge < -0.3 is 48.1 Å². The van der Waals surface area contributed by atoms with Crippen LogP contribution in [0, 0.1) is 64.2 Å². The summed E-state index contributed by atoms with van der Waals surface area (Å²) in [6.45, 7) is 33.5. The van der Waals surface area contributed by atoms with Crippen LogP contribution in [0.5, 0.6) is 0 Å². The molecule has 4 aliphatic rings. The number of carboxylic acid groups (broad SMARTS) is 1. The van der Waals surface area contributed by atoms with Gasteiger partial charge in [-0.1, -0.05) is 0 Å². The predicted molar refractivity (Wildman–Crippen MR) is 385 cm³/mol. The van der Waals surface area contributed by atoms with Crippen molar-refractivity contribution in [3.63, 3.8) is 0 Å².